The predicted molar refractivity (Wildman–Crippen MR) is 122 cm³/mol. The first kappa shape index (κ1) is 18.4. The van der Waals surface area contributed by atoms with E-state index in [-0.39, 0.29) is 5.56 Å². The molecule has 3 aromatic heterocycles. The number of rotatable bonds is 3. The van der Waals surface area contributed by atoms with Crippen molar-refractivity contribution in [2.45, 2.75) is 32.5 Å². The van der Waals surface area contributed by atoms with Crippen LogP contribution in [0, 0.1) is 13.8 Å². The molecule has 0 spiro atoms. The van der Waals surface area contributed by atoms with Crippen molar-refractivity contribution in [3.8, 4) is 11.1 Å². The minimum Gasteiger partial charge on any atom is -0.349 e. The molecule has 0 bridgehead atoms. The molecule has 0 saturated heterocycles. The summed E-state index contributed by atoms with van der Waals surface area (Å²) in [6.45, 7) is 7.29. The lowest BCUT2D eigenvalue weighted by Gasteiger charge is -2.16. The first-order valence-corrected chi connectivity index (χ1v) is 11.4. The van der Waals surface area contributed by atoms with Crippen LogP contribution in [0.2, 0.25) is 0 Å². The van der Waals surface area contributed by atoms with E-state index in [0.29, 0.717) is 16.3 Å². The molecule has 0 amide bonds. The van der Waals surface area contributed by atoms with E-state index < -0.39 is 0 Å². The molecule has 4 aromatic rings. The van der Waals surface area contributed by atoms with E-state index in [9.17, 15) is 4.79 Å². The minimum atomic E-state index is -0.0981. The number of hydrogen-bond donors (Lipinski definition) is 0. The Bertz CT molecular complexity index is 1330. The zero-order valence-corrected chi connectivity index (χ0v) is 18.1. The van der Waals surface area contributed by atoms with Crippen molar-refractivity contribution in [3.05, 3.63) is 69.1 Å². The monoisotopic (exact) mass is 420 g/mol. The van der Waals surface area contributed by atoms with E-state index in [1.54, 1.807) is 11.8 Å². The van der Waals surface area contributed by atoms with Crippen LogP contribution in [-0.2, 0) is 6.54 Å². The number of aromatic nitrogens is 3. The topological polar surface area (TPSA) is 52.2 Å². The van der Waals surface area contributed by atoms with Crippen molar-refractivity contribution in [2.24, 2.45) is 5.10 Å². The van der Waals surface area contributed by atoms with Crippen LogP contribution in [0.15, 0.2) is 56.8 Å². The highest BCUT2D eigenvalue weighted by molar-refractivity contribution is 7.99. The molecule has 1 aliphatic heterocycles. The molecule has 0 aliphatic carbocycles. The van der Waals surface area contributed by atoms with Gasteiger partial charge in [-0.2, -0.15) is 9.78 Å². The van der Waals surface area contributed by atoms with Gasteiger partial charge in [0.25, 0.3) is 5.56 Å². The predicted octanol–water partition coefficient (Wildman–Crippen LogP) is 4.92. The second-order valence-electron chi connectivity index (χ2n) is 7.07. The van der Waals surface area contributed by atoms with Crippen LogP contribution >= 0.6 is 23.1 Å². The van der Waals surface area contributed by atoms with Gasteiger partial charge in [0.05, 0.1) is 11.1 Å². The molecule has 0 N–H and O–H groups in total. The van der Waals surface area contributed by atoms with Crippen LogP contribution in [-0.4, -0.2) is 25.7 Å². The molecular weight excluding hydrogens is 400 g/mol. The zero-order valence-electron chi connectivity index (χ0n) is 16.5. The average molecular weight is 421 g/mol. The van der Waals surface area contributed by atoms with Gasteiger partial charge in [-0.25, -0.2) is 4.98 Å². The molecule has 5 nitrogen and oxygen atoms in total. The Morgan fingerprint density at radius 3 is 2.66 bits per heavy atom. The standard InChI is InChI=1S/C22H20N4OS2/c1-4-25-13(2)10-16(14(25)3)18-12-29-22-23-20-19(21(27)26(22)24-18)17(11-28-20)15-8-6-5-7-9-15/h5-11H,4,12H2,1-3H3. The van der Waals surface area contributed by atoms with Crippen LogP contribution in [0.1, 0.15) is 23.9 Å². The van der Waals surface area contributed by atoms with Gasteiger partial charge in [0.15, 0.2) is 5.16 Å². The molecule has 146 valence electrons. The van der Waals surface area contributed by atoms with Gasteiger partial charge < -0.3 is 4.57 Å². The third kappa shape index (κ3) is 2.88. The van der Waals surface area contributed by atoms with Gasteiger partial charge in [0.1, 0.15) is 4.83 Å². The fourth-order valence-corrected chi connectivity index (χ4v) is 5.85. The number of nitrogens with zero attached hydrogens (tertiary/aromatic N) is 4. The molecule has 0 unspecified atom stereocenters. The smallest absolute Gasteiger partial charge is 0.284 e. The van der Waals surface area contributed by atoms with E-state index in [0.717, 1.165) is 33.8 Å². The summed E-state index contributed by atoms with van der Waals surface area (Å²) in [5, 5.41) is 8.09. The Hall–Kier alpha value is -2.64. The summed E-state index contributed by atoms with van der Waals surface area (Å²) in [6.07, 6.45) is 0. The fourth-order valence-electron chi connectivity index (χ4n) is 3.97. The zero-order chi connectivity index (χ0) is 20.1. The Labute approximate surface area is 176 Å². The van der Waals surface area contributed by atoms with Crippen LogP contribution in [0.4, 0.5) is 0 Å². The average Bonchev–Trinajstić information content (AvgIpc) is 3.29. The summed E-state index contributed by atoms with van der Waals surface area (Å²) in [7, 11) is 0. The summed E-state index contributed by atoms with van der Waals surface area (Å²) in [5.74, 6) is 0.711. The maximum absolute atomic E-state index is 13.4. The summed E-state index contributed by atoms with van der Waals surface area (Å²) in [5.41, 5.74) is 6.29. The van der Waals surface area contributed by atoms with Crippen LogP contribution < -0.4 is 5.56 Å². The van der Waals surface area contributed by atoms with Crippen LogP contribution in [0.3, 0.4) is 0 Å². The van der Waals surface area contributed by atoms with E-state index in [1.165, 1.54) is 27.4 Å². The van der Waals surface area contributed by atoms with Crippen molar-refractivity contribution in [1.29, 1.82) is 0 Å². The van der Waals surface area contributed by atoms with Crippen molar-refractivity contribution < 1.29 is 0 Å². The van der Waals surface area contributed by atoms with Gasteiger partial charge >= 0.3 is 0 Å². The quantitative estimate of drug-likeness (QED) is 0.442. The largest absolute Gasteiger partial charge is 0.349 e. The lowest BCUT2D eigenvalue weighted by molar-refractivity contribution is 0.699. The molecule has 5 rings (SSSR count). The number of hydrogen-bond acceptors (Lipinski definition) is 5. The lowest BCUT2D eigenvalue weighted by Crippen LogP contribution is -2.25. The summed E-state index contributed by atoms with van der Waals surface area (Å²) in [6, 6.07) is 12.2. The molecule has 1 aromatic carbocycles. The van der Waals surface area contributed by atoms with Crippen LogP contribution in [0.5, 0.6) is 0 Å². The van der Waals surface area contributed by atoms with Gasteiger partial charge in [-0.15, -0.1) is 11.3 Å². The van der Waals surface area contributed by atoms with Gasteiger partial charge in [-0.05, 0) is 32.4 Å². The summed E-state index contributed by atoms with van der Waals surface area (Å²) >= 11 is 3.09. The van der Waals surface area contributed by atoms with E-state index in [1.807, 2.05) is 35.7 Å². The fraction of sp³-hybridized carbons (Fsp3) is 0.227. The molecule has 0 saturated carbocycles. The molecule has 7 heteroatoms. The van der Waals surface area contributed by atoms with Crippen molar-refractivity contribution in [2.75, 3.05) is 5.75 Å². The first-order chi connectivity index (χ1) is 14.1. The van der Waals surface area contributed by atoms with E-state index >= 15 is 0 Å². The SMILES string of the molecule is CCn1c(C)cc(C2=Nn3c(nc4scc(-c5ccccc5)c4c3=O)SC2)c1C. The Kier molecular flexibility index (Phi) is 4.44. The molecule has 0 atom stereocenters. The van der Waals surface area contributed by atoms with Gasteiger partial charge in [-0.1, -0.05) is 42.1 Å². The molecule has 0 radical (unpaired) electrons. The molecule has 0 fully saturated rings. The second kappa shape index (κ2) is 7.00. The first-order valence-electron chi connectivity index (χ1n) is 9.56. The lowest BCUT2D eigenvalue weighted by atomic mass is 10.1. The molecule has 29 heavy (non-hydrogen) atoms. The highest BCUT2D eigenvalue weighted by atomic mass is 32.2. The highest BCUT2D eigenvalue weighted by Crippen LogP contribution is 2.33. The maximum atomic E-state index is 13.4. The maximum Gasteiger partial charge on any atom is 0.284 e. The normalized spacial score (nSPS) is 13.6. The minimum absolute atomic E-state index is 0.0981. The summed E-state index contributed by atoms with van der Waals surface area (Å²) < 4.78 is 3.76. The Morgan fingerprint density at radius 2 is 1.93 bits per heavy atom. The Balaban J connectivity index is 1.70. The van der Waals surface area contributed by atoms with Crippen molar-refractivity contribution in [1.82, 2.24) is 14.2 Å². The number of thiophene rings is 1. The number of benzene rings is 1. The van der Waals surface area contributed by atoms with Crippen LogP contribution in [0.25, 0.3) is 21.3 Å². The number of thioether (sulfide) groups is 1. The highest BCUT2D eigenvalue weighted by Gasteiger charge is 2.23. The number of aryl methyl sites for hydroxylation is 1. The van der Waals surface area contributed by atoms with Crippen molar-refractivity contribution in [3.63, 3.8) is 0 Å². The van der Waals surface area contributed by atoms with Gasteiger partial charge in [-0.3, -0.25) is 4.79 Å². The molecule has 1 aliphatic rings. The Morgan fingerprint density at radius 1 is 1.14 bits per heavy atom. The van der Waals surface area contributed by atoms with E-state index in [4.69, 9.17) is 10.1 Å². The van der Waals surface area contributed by atoms with E-state index in [2.05, 4.69) is 31.4 Å². The number of fused-ring (bicyclic) bond motifs is 2. The van der Waals surface area contributed by atoms with Gasteiger partial charge in [0.2, 0.25) is 0 Å². The van der Waals surface area contributed by atoms with Gasteiger partial charge in [0, 0.05) is 40.2 Å². The second-order valence-corrected chi connectivity index (χ2v) is 8.87. The molecular formula is C22H20N4OS2. The third-order valence-corrected chi connectivity index (χ3v) is 7.21. The summed E-state index contributed by atoms with van der Waals surface area (Å²) in [4.78, 5) is 18.9. The molecule has 4 heterocycles. The third-order valence-electron chi connectivity index (χ3n) is 5.40. The van der Waals surface area contributed by atoms with Crippen molar-refractivity contribution >= 4 is 39.0 Å².